The molecule has 0 aliphatic heterocycles. The highest BCUT2D eigenvalue weighted by atomic mass is 32.1. The molecule has 0 amide bonds. The number of hydrogen-bond donors (Lipinski definition) is 1. The van der Waals surface area contributed by atoms with Gasteiger partial charge in [0.1, 0.15) is 6.20 Å². The molecule has 0 saturated carbocycles. The van der Waals surface area contributed by atoms with E-state index in [1.54, 1.807) is 23.5 Å². The van der Waals surface area contributed by atoms with Gasteiger partial charge in [0.2, 0.25) is 5.65 Å². The highest BCUT2D eigenvalue weighted by molar-refractivity contribution is 7.10. The third-order valence-corrected chi connectivity index (χ3v) is 5.52. The van der Waals surface area contributed by atoms with Gasteiger partial charge in [-0.1, -0.05) is 53.8 Å². The third kappa shape index (κ3) is 3.46. The molecule has 1 atom stereocenters. The number of rotatable bonds is 6. The second kappa shape index (κ2) is 7.40. The fraction of sp³-hybridized carbons (Fsp3) is 0.200. The van der Waals surface area contributed by atoms with E-state index in [-0.39, 0.29) is 11.9 Å². The molecule has 0 aliphatic carbocycles. The Morgan fingerprint density at radius 1 is 1.11 bits per heavy atom. The first-order valence-corrected chi connectivity index (χ1v) is 9.80. The minimum Gasteiger partial charge on any atom is -0.358 e. The second-order valence-corrected chi connectivity index (χ2v) is 7.76. The van der Waals surface area contributed by atoms with Crippen LogP contribution < -0.4 is 5.32 Å². The Morgan fingerprint density at radius 3 is 2.50 bits per heavy atom. The van der Waals surface area contributed by atoms with E-state index in [0.29, 0.717) is 17.4 Å². The molecule has 28 heavy (non-hydrogen) atoms. The Labute approximate surface area is 165 Å². The third-order valence-electron chi connectivity index (χ3n) is 4.59. The summed E-state index contributed by atoms with van der Waals surface area (Å²) in [6.45, 7) is 4.34. The minimum absolute atomic E-state index is 0.103. The molecule has 3 aromatic heterocycles. The van der Waals surface area contributed by atoms with Gasteiger partial charge in [-0.3, -0.25) is 0 Å². The summed E-state index contributed by atoms with van der Waals surface area (Å²) in [5.41, 5.74) is 2.82. The van der Waals surface area contributed by atoms with Gasteiger partial charge in [0, 0.05) is 10.9 Å². The van der Waals surface area contributed by atoms with E-state index in [0.717, 1.165) is 10.4 Å². The second-order valence-electron chi connectivity index (χ2n) is 6.78. The predicted octanol–water partition coefficient (Wildman–Crippen LogP) is 5.02. The van der Waals surface area contributed by atoms with Gasteiger partial charge >= 0.3 is 5.82 Å². The van der Waals surface area contributed by atoms with Gasteiger partial charge in [-0.15, -0.1) is 11.3 Å². The number of nitrogens with zero attached hydrogens (tertiary/aromatic N) is 4. The fourth-order valence-electron chi connectivity index (χ4n) is 3.06. The van der Waals surface area contributed by atoms with Crippen molar-refractivity contribution in [3.05, 3.63) is 86.2 Å². The summed E-state index contributed by atoms with van der Waals surface area (Å²) in [4.78, 5) is 15.9. The molecule has 4 rings (SSSR count). The molecule has 1 N–H and O–H groups in total. The van der Waals surface area contributed by atoms with Crippen LogP contribution in [-0.4, -0.2) is 19.5 Å². The van der Waals surface area contributed by atoms with Crippen LogP contribution in [0.5, 0.6) is 0 Å². The smallest absolute Gasteiger partial charge is 0.358 e. The largest absolute Gasteiger partial charge is 0.368 e. The number of nitro groups is 1. The number of fused-ring (bicyclic) bond motifs is 1. The number of hydrogen-bond acceptors (Lipinski definition) is 6. The van der Waals surface area contributed by atoms with Gasteiger partial charge in [0.25, 0.3) is 0 Å². The van der Waals surface area contributed by atoms with Crippen LogP contribution in [0.25, 0.3) is 5.65 Å². The van der Waals surface area contributed by atoms with E-state index in [1.807, 2.05) is 11.4 Å². The molecule has 0 fully saturated rings. The highest BCUT2D eigenvalue weighted by Gasteiger charge is 2.20. The number of imidazole rings is 1. The van der Waals surface area contributed by atoms with Crippen molar-refractivity contribution in [3.63, 3.8) is 0 Å². The van der Waals surface area contributed by atoms with Crippen LogP contribution in [0.2, 0.25) is 0 Å². The molecule has 1 aromatic carbocycles. The summed E-state index contributed by atoms with van der Waals surface area (Å²) in [6.07, 6.45) is 1.22. The Morgan fingerprint density at radius 2 is 1.86 bits per heavy atom. The van der Waals surface area contributed by atoms with E-state index in [4.69, 9.17) is 0 Å². The van der Waals surface area contributed by atoms with Crippen LogP contribution in [0, 0.1) is 10.1 Å². The van der Waals surface area contributed by atoms with Crippen LogP contribution in [0.1, 0.15) is 41.8 Å². The molecule has 1 unspecified atom stereocenters. The molecular formula is C20H19N5O2S. The lowest BCUT2D eigenvalue weighted by Gasteiger charge is -2.19. The molecular weight excluding hydrogens is 374 g/mol. The quantitative estimate of drug-likeness (QED) is 0.367. The number of anilines is 1. The monoisotopic (exact) mass is 393 g/mol. The van der Waals surface area contributed by atoms with Crippen LogP contribution in [0.3, 0.4) is 0 Å². The molecule has 8 heteroatoms. The lowest BCUT2D eigenvalue weighted by molar-refractivity contribution is -0.391. The SMILES string of the molecule is CC(C)c1ccc(C(Nc2ccc3ncc([N+](=O)[O-])n3n2)c2cccs2)cc1. The number of nitrogens with one attached hydrogen (secondary N) is 1. The Balaban J connectivity index is 1.71. The highest BCUT2D eigenvalue weighted by Crippen LogP contribution is 2.30. The average Bonchev–Trinajstić information content (AvgIpc) is 3.35. The molecule has 0 spiro atoms. The standard InChI is InChI=1S/C20H19N5O2S/c1-13(2)14-5-7-15(8-6-14)20(16-4-3-11-28-16)22-17-9-10-18-21-12-19(25(26)27)24(18)23-17/h3-13,20H,1-2H3,(H,22,23). The van der Waals surface area contributed by atoms with Crippen molar-refractivity contribution in [1.29, 1.82) is 0 Å². The van der Waals surface area contributed by atoms with E-state index in [2.05, 4.69) is 59.6 Å². The normalized spacial score (nSPS) is 12.4. The number of aromatic nitrogens is 3. The Hall–Kier alpha value is -3.26. The zero-order valence-electron chi connectivity index (χ0n) is 15.4. The van der Waals surface area contributed by atoms with Crippen molar-refractivity contribution in [2.45, 2.75) is 25.8 Å². The maximum atomic E-state index is 11.2. The lowest BCUT2D eigenvalue weighted by Crippen LogP contribution is -2.13. The molecule has 7 nitrogen and oxygen atoms in total. The van der Waals surface area contributed by atoms with Crippen molar-refractivity contribution in [1.82, 2.24) is 14.6 Å². The van der Waals surface area contributed by atoms with Crippen LogP contribution in [0.15, 0.2) is 60.1 Å². The van der Waals surface area contributed by atoms with Gasteiger partial charge in [-0.25, -0.2) is 4.98 Å². The van der Waals surface area contributed by atoms with Crippen molar-refractivity contribution < 1.29 is 4.92 Å². The summed E-state index contributed by atoms with van der Waals surface area (Å²) >= 11 is 1.65. The van der Waals surface area contributed by atoms with Crippen molar-refractivity contribution in [2.24, 2.45) is 0 Å². The fourth-order valence-corrected chi connectivity index (χ4v) is 3.86. The molecule has 142 valence electrons. The zero-order valence-corrected chi connectivity index (χ0v) is 16.3. The maximum absolute atomic E-state index is 11.2. The van der Waals surface area contributed by atoms with Crippen LogP contribution in [0.4, 0.5) is 11.6 Å². The first kappa shape index (κ1) is 18.1. The summed E-state index contributed by atoms with van der Waals surface area (Å²) < 4.78 is 1.25. The topological polar surface area (TPSA) is 85.4 Å². The molecule has 0 bridgehead atoms. The van der Waals surface area contributed by atoms with Crippen molar-refractivity contribution in [2.75, 3.05) is 5.32 Å². The van der Waals surface area contributed by atoms with Crippen molar-refractivity contribution >= 4 is 28.6 Å². The van der Waals surface area contributed by atoms with E-state index >= 15 is 0 Å². The van der Waals surface area contributed by atoms with Crippen LogP contribution >= 0.6 is 11.3 Å². The van der Waals surface area contributed by atoms with E-state index in [9.17, 15) is 10.1 Å². The van der Waals surface area contributed by atoms with Gasteiger partial charge in [0.05, 0.1) is 6.04 Å². The molecule has 4 aromatic rings. The zero-order chi connectivity index (χ0) is 19.7. The Kier molecular flexibility index (Phi) is 4.79. The summed E-state index contributed by atoms with van der Waals surface area (Å²) in [7, 11) is 0. The van der Waals surface area contributed by atoms with Gasteiger partial charge in [0.15, 0.2) is 5.82 Å². The number of benzene rings is 1. The lowest BCUT2D eigenvalue weighted by atomic mass is 9.98. The van der Waals surface area contributed by atoms with Crippen molar-refractivity contribution in [3.8, 4) is 0 Å². The summed E-state index contributed by atoms with van der Waals surface area (Å²) in [5, 5.41) is 21.0. The van der Waals surface area contributed by atoms with Gasteiger partial charge < -0.3 is 15.4 Å². The van der Waals surface area contributed by atoms with E-state index in [1.165, 1.54) is 16.3 Å². The summed E-state index contributed by atoms with van der Waals surface area (Å²) in [5.74, 6) is 0.848. The summed E-state index contributed by atoms with van der Waals surface area (Å²) in [6, 6.07) is 16.0. The molecule has 0 radical (unpaired) electrons. The maximum Gasteiger partial charge on any atom is 0.368 e. The number of thiophene rings is 1. The van der Waals surface area contributed by atoms with Gasteiger partial charge in [-0.05, 0) is 39.5 Å². The Bertz CT molecular complexity index is 1100. The molecule has 0 aliphatic rings. The van der Waals surface area contributed by atoms with Crippen LogP contribution in [-0.2, 0) is 0 Å². The first-order chi connectivity index (χ1) is 13.5. The predicted molar refractivity (Wildman–Crippen MR) is 110 cm³/mol. The molecule has 3 heterocycles. The van der Waals surface area contributed by atoms with E-state index < -0.39 is 4.92 Å². The van der Waals surface area contributed by atoms with Gasteiger partial charge in [-0.2, -0.15) is 0 Å². The first-order valence-electron chi connectivity index (χ1n) is 8.92. The minimum atomic E-state index is -0.488. The average molecular weight is 393 g/mol. The molecule has 0 saturated heterocycles.